The third kappa shape index (κ3) is 8.16. The van der Waals surface area contributed by atoms with Crippen molar-refractivity contribution in [3.05, 3.63) is 40.0 Å². The smallest absolute Gasteiger partial charge is 0.408 e. The van der Waals surface area contributed by atoms with Gasteiger partial charge in [0.1, 0.15) is 11.6 Å². The molecule has 2 heterocycles. The van der Waals surface area contributed by atoms with E-state index in [1.807, 2.05) is 29.9 Å². The molecule has 2 aliphatic rings. The summed E-state index contributed by atoms with van der Waals surface area (Å²) in [4.78, 5) is 40.5. The van der Waals surface area contributed by atoms with Crippen molar-refractivity contribution in [3.63, 3.8) is 0 Å². The Morgan fingerprint density at radius 1 is 1.07 bits per heavy atom. The molecule has 0 radical (unpaired) electrons. The molecule has 0 spiro atoms. The van der Waals surface area contributed by atoms with Gasteiger partial charge in [-0.05, 0) is 64.5 Å². The highest BCUT2D eigenvalue weighted by molar-refractivity contribution is 6.43. The van der Waals surface area contributed by atoms with Crippen molar-refractivity contribution in [3.8, 4) is 11.3 Å². The Balaban J connectivity index is 1.32. The Morgan fingerprint density at radius 3 is 2.41 bits per heavy atom. The molecule has 1 atom stereocenters. The van der Waals surface area contributed by atoms with Gasteiger partial charge in [-0.2, -0.15) is 5.10 Å². The van der Waals surface area contributed by atoms with Gasteiger partial charge in [-0.25, -0.2) is 4.79 Å². The quantitative estimate of drug-likeness (QED) is 0.422. The lowest BCUT2D eigenvalue weighted by Crippen LogP contribution is -2.54. The lowest BCUT2D eigenvalue weighted by molar-refractivity contribution is -0.134. The van der Waals surface area contributed by atoms with Gasteiger partial charge in [0.05, 0.1) is 22.3 Å². The second-order valence-electron chi connectivity index (χ2n) is 12.1. The standard InChI is InChI=1S/C30H41Cl2N5O4/c1-30(2,3)41-29(40)34-27(20-9-6-5-7-10-20)28(39)33-18-25(38)37-15-13-19(14-16-37)24-17-23(35-36(24)4)21-11-8-12-22(31)26(21)32/h8,11-12,17,19-20,27H,5-7,9-10,13-16,18H2,1-4H3,(H,33,39)(H,34,40)/t27-/m1/s1. The zero-order chi connectivity index (χ0) is 29.7. The molecule has 1 aromatic carbocycles. The van der Waals surface area contributed by atoms with Crippen molar-refractivity contribution >= 4 is 41.1 Å². The highest BCUT2D eigenvalue weighted by Gasteiger charge is 2.33. The summed E-state index contributed by atoms with van der Waals surface area (Å²) >= 11 is 12.6. The number of nitrogens with zero attached hydrogens (tertiary/aromatic N) is 3. The maximum atomic E-state index is 13.2. The summed E-state index contributed by atoms with van der Waals surface area (Å²) in [7, 11) is 1.92. The van der Waals surface area contributed by atoms with Gasteiger partial charge in [-0.1, -0.05) is 54.6 Å². The highest BCUT2D eigenvalue weighted by atomic mass is 35.5. The Morgan fingerprint density at radius 2 is 1.76 bits per heavy atom. The zero-order valence-corrected chi connectivity index (χ0v) is 25.9. The number of benzene rings is 1. The van der Waals surface area contributed by atoms with Crippen LogP contribution in [0.2, 0.25) is 10.0 Å². The van der Waals surface area contributed by atoms with Crippen LogP contribution >= 0.6 is 23.2 Å². The Bertz CT molecular complexity index is 1240. The van der Waals surface area contributed by atoms with Crippen LogP contribution in [0, 0.1) is 5.92 Å². The predicted molar refractivity (Wildman–Crippen MR) is 160 cm³/mol. The fraction of sp³-hybridized carbons (Fsp3) is 0.600. The van der Waals surface area contributed by atoms with E-state index in [0.717, 1.165) is 61.9 Å². The summed E-state index contributed by atoms with van der Waals surface area (Å²) in [6.07, 6.45) is 5.82. The molecular weight excluding hydrogens is 565 g/mol. The van der Waals surface area contributed by atoms with Crippen LogP contribution in [-0.4, -0.2) is 63.9 Å². The molecule has 1 aliphatic heterocycles. The first kappa shape index (κ1) is 31.2. The third-order valence-corrected chi connectivity index (χ3v) is 8.72. The topological polar surface area (TPSA) is 106 Å². The zero-order valence-electron chi connectivity index (χ0n) is 24.3. The maximum Gasteiger partial charge on any atom is 0.408 e. The van der Waals surface area contributed by atoms with E-state index < -0.39 is 17.7 Å². The average Bonchev–Trinajstić information content (AvgIpc) is 3.32. The number of nitrogens with one attached hydrogen (secondary N) is 2. The average molecular weight is 607 g/mol. The number of likely N-dealkylation sites (tertiary alicyclic amines) is 1. The second-order valence-corrected chi connectivity index (χ2v) is 12.9. The number of carbonyl (C=O) groups is 3. The first-order valence-electron chi connectivity index (χ1n) is 14.5. The molecule has 2 N–H and O–H groups in total. The van der Waals surface area contributed by atoms with Crippen LogP contribution in [0.5, 0.6) is 0 Å². The molecule has 1 aromatic heterocycles. The van der Waals surface area contributed by atoms with E-state index in [0.29, 0.717) is 23.1 Å². The number of ether oxygens (including phenoxy) is 1. The van der Waals surface area contributed by atoms with E-state index in [4.69, 9.17) is 27.9 Å². The molecule has 1 aliphatic carbocycles. The number of aromatic nitrogens is 2. The second kappa shape index (κ2) is 13.5. The van der Waals surface area contributed by atoms with E-state index in [1.54, 1.807) is 31.7 Å². The van der Waals surface area contributed by atoms with Crippen LogP contribution in [0.4, 0.5) is 4.79 Å². The summed E-state index contributed by atoms with van der Waals surface area (Å²) in [5, 5.41) is 11.2. The van der Waals surface area contributed by atoms with Gasteiger partial charge in [0, 0.05) is 37.3 Å². The molecular formula is C30H41Cl2N5O4. The SMILES string of the molecule is Cn1nc(-c2cccc(Cl)c2Cl)cc1C1CCN(C(=O)CNC(=O)[C@H](NC(=O)OC(C)(C)C)C2CCCCC2)CC1. The summed E-state index contributed by atoms with van der Waals surface area (Å²) < 4.78 is 7.27. The van der Waals surface area contributed by atoms with Crippen molar-refractivity contribution in [2.45, 2.75) is 83.3 Å². The normalized spacial score (nSPS) is 17.7. The predicted octanol–water partition coefficient (Wildman–Crippen LogP) is 5.69. The number of hydrogen-bond acceptors (Lipinski definition) is 5. The number of hydrogen-bond donors (Lipinski definition) is 2. The third-order valence-electron chi connectivity index (χ3n) is 7.90. The van der Waals surface area contributed by atoms with E-state index >= 15 is 0 Å². The lowest BCUT2D eigenvalue weighted by atomic mass is 9.83. The minimum atomic E-state index is -0.726. The van der Waals surface area contributed by atoms with Gasteiger partial charge >= 0.3 is 6.09 Å². The minimum Gasteiger partial charge on any atom is -0.444 e. The number of alkyl carbamates (subject to hydrolysis) is 1. The molecule has 0 bridgehead atoms. The molecule has 2 aromatic rings. The van der Waals surface area contributed by atoms with Gasteiger partial charge in [0.25, 0.3) is 0 Å². The molecule has 41 heavy (non-hydrogen) atoms. The van der Waals surface area contributed by atoms with Crippen molar-refractivity contribution < 1.29 is 19.1 Å². The largest absolute Gasteiger partial charge is 0.444 e. The molecule has 224 valence electrons. The fourth-order valence-electron chi connectivity index (χ4n) is 5.81. The van der Waals surface area contributed by atoms with Gasteiger partial charge in [0.2, 0.25) is 11.8 Å². The van der Waals surface area contributed by atoms with Crippen LogP contribution in [-0.2, 0) is 21.4 Å². The molecule has 1 saturated carbocycles. The van der Waals surface area contributed by atoms with Crippen molar-refractivity contribution in [2.24, 2.45) is 13.0 Å². The molecule has 1 saturated heterocycles. The molecule has 3 amide bonds. The van der Waals surface area contributed by atoms with Crippen LogP contribution in [0.25, 0.3) is 11.3 Å². The van der Waals surface area contributed by atoms with Crippen LogP contribution in [0.1, 0.15) is 77.3 Å². The number of halogens is 2. The van der Waals surface area contributed by atoms with E-state index in [9.17, 15) is 14.4 Å². The monoisotopic (exact) mass is 605 g/mol. The number of aryl methyl sites for hydroxylation is 1. The van der Waals surface area contributed by atoms with Crippen LogP contribution < -0.4 is 10.6 Å². The first-order chi connectivity index (χ1) is 19.4. The first-order valence-corrected chi connectivity index (χ1v) is 15.2. The van der Waals surface area contributed by atoms with Crippen molar-refractivity contribution in [1.29, 1.82) is 0 Å². The number of piperidine rings is 1. The Hall–Kier alpha value is -2.78. The van der Waals surface area contributed by atoms with E-state index in [2.05, 4.69) is 15.7 Å². The highest BCUT2D eigenvalue weighted by Crippen LogP contribution is 2.36. The van der Waals surface area contributed by atoms with Crippen molar-refractivity contribution in [1.82, 2.24) is 25.3 Å². The lowest BCUT2D eigenvalue weighted by Gasteiger charge is -2.33. The van der Waals surface area contributed by atoms with Crippen LogP contribution in [0.15, 0.2) is 24.3 Å². The molecule has 9 nitrogen and oxygen atoms in total. The van der Waals surface area contributed by atoms with Gasteiger partial charge in [-0.3, -0.25) is 14.3 Å². The summed E-state index contributed by atoms with van der Waals surface area (Å²) in [5.74, 6) is -0.208. The summed E-state index contributed by atoms with van der Waals surface area (Å²) in [5.41, 5.74) is 1.97. The Kier molecular flexibility index (Phi) is 10.2. The van der Waals surface area contributed by atoms with Crippen LogP contribution in [0.3, 0.4) is 0 Å². The molecule has 2 fully saturated rings. The molecule has 11 heteroatoms. The fourth-order valence-corrected chi connectivity index (χ4v) is 6.20. The van der Waals surface area contributed by atoms with E-state index in [1.165, 1.54) is 0 Å². The number of amides is 3. The molecule has 0 unspecified atom stereocenters. The Labute approximate surface area is 252 Å². The van der Waals surface area contributed by atoms with E-state index in [-0.39, 0.29) is 30.2 Å². The maximum absolute atomic E-state index is 13.2. The van der Waals surface area contributed by atoms with Gasteiger partial charge in [0.15, 0.2) is 0 Å². The number of carbonyl (C=O) groups excluding carboxylic acids is 3. The minimum absolute atomic E-state index is 0.0210. The van der Waals surface area contributed by atoms with Crippen molar-refractivity contribution in [2.75, 3.05) is 19.6 Å². The van der Waals surface area contributed by atoms with Gasteiger partial charge in [-0.15, -0.1) is 0 Å². The molecule has 4 rings (SSSR count). The summed E-state index contributed by atoms with van der Waals surface area (Å²) in [6.45, 7) is 6.41. The summed E-state index contributed by atoms with van der Waals surface area (Å²) in [6, 6.07) is 6.82. The van der Waals surface area contributed by atoms with Gasteiger partial charge < -0.3 is 20.3 Å². The number of rotatable bonds is 7.